The van der Waals surface area contributed by atoms with Crippen LogP contribution in [0, 0.1) is 0 Å². The standard InChI is InChI=1S/C19H15ClN2O6/c20-14-7-11(8-15-17(14)27-6-5-26-15)10-28-16(23)9-22-19(25)13-4-2-1-3-12(13)18(24)21-22/h1-4,7-8H,5-6,9-10H2,(H,21,24). The van der Waals surface area contributed by atoms with Crippen LogP contribution in [0.5, 0.6) is 11.5 Å². The molecular formula is C19H15ClN2O6. The van der Waals surface area contributed by atoms with Crippen molar-refractivity contribution >= 4 is 28.3 Å². The van der Waals surface area contributed by atoms with Crippen molar-refractivity contribution in [2.75, 3.05) is 13.2 Å². The van der Waals surface area contributed by atoms with Crippen molar-refractivity contribution in [2.45, 2.75) is 13.2 Å². The van der Waals surface area contributed by atoms with Gasteiger partial charge in [-0.05, 0) is 29.8 Å². The number of ether oxygens (including phenoxy) is 3. The van der Waals surface area contributed by atoms with E-state index in [1.807, 2.05) is 0 Å². The van der Waals surface area contributed by atoms with Crippen LogP contribution in [0.25, 0.3) is 10.8 Å². The van der Waals surface area contributed by atoms with Crippen molar-refractivity contribution in [3.05, 3.63) is 67.7 Å². The fourth-order valence-electron chi connectivity index (χ4n) is 2.94. The molecule has 1 aliphatic heterocycles. The second kappa shape index (κ2) is 7.40. The maximum absolute atomic E-state index is 12.4. The third-order valence-electron chi connectivity index (χ3n) is 4.23. The molecule has 1 aromatic heterocycles. The number of fused-ring (bicyclic) bond motifs is 2. The number of benzene rings is 2. The summed E-state index contributed by atoms with van der Waals surface area (Å²) in [7, 11) is 0. The molecule has 4 rings (SSSR count). The van der Waals surface area contributed by atoms with E-state index >= 15 is 0 Å². The zero-order valence-electron chi connectivity index (χ0n) is 14.6. The van der Waals surface area contributed by atoms with Crippen molar-refractivity contribution in [3.63, 3.8) is 0 Å². The second-order valence-electron chi connectivity index (χ2n) is 6.14. The lowest BCUT2D eigenvalue weighted by atomic mass is 10.2. The van der Waals surface area contributed by atoms with Crippen molar-refractivity contribution in [1.82, 2.24) is 9.78 Å². The molecule has 0 unspecified atom stereocenters. The molecule has 3 aromatic rings. The predicted octanol–water partition coefficient (Wildman–Crippen LogP) is 1.86. The van der Waals surface area contributed by atoms with Crippen molar-refractivity contribution < 1.29 is 19.0 Å². The van der Waals surface area contributed by atoms with E-state index < -0.39 is 23.6 Å². The summed E-state index contributed by atoms with van der Waals surface area (Å²) in [5.74, 6) is 0.266. The maximum Gasteiger partial charge on any atom is 0.328 e. The molecule has 144 valence electrons. The monoisotopic (exact) mass is 402 g/mol. The van der Waals surface area contributed by atoms with Crippen LogP contribution in [0.15, 0.2) is 46.0 Å². The van der Waals surface area contributed by atoms with E-state index in [-0.39, 0.29) is 17.4 Å². The van der Waals surface area contributed by atoms with E-state index in [0.717, 1.165) is 4.68 Å². The van der Waals surface area contributed by atoms with Gasteiger partial charge in [-0.15, -0.1) is 0 Å². The minimum Gasteiger partial charge on any atom is -0.486 e. The molecule has 0 fully saturated rings. The molecule has 2 aromatic carbocycles. The number of aromatic nitrogens is 2. The molecule has 0 bridgehead atoms. The Morgan fingerprint density at radius 1 is 1.14 bits per heavy atom. The number of carbonyl (C=O) groups excluding carboxylic acids is 1. The molecule has 0 saturated heterocycles. The highest BCUT2D eigenvalue weighted by Gasteiger charge is 2.17. The number of carbonyl (C=O) groups is 1. The van der Waals surface area contributed by atoms with Crippen LogP contribution in [0.2, 0.25) is 5.02 Å². The average Bonchev–Trinajstić information content (AvgIpc) is 2.70. The van der Waals surface area contributed by atoms with Gasteiger partial charge < -0.3 is 14.2 Å². The third kappa shape index (κ3) is 3.46. The van der Waals surface area contributed by atoms with Gasteiger partial charge in [0, 0.05) is 0 Å². The van der Waals surface area contributed by atoms with Crippen LogP contribution in [-0.4, -0.2) is 29.0 Å². The molecule has 1 aliphatic rings. The Balaban J connectivity index is 1.49. The minimum atomic E-state index is -0.681. The fourth-order valence-corrected chi connectivity index (χ4v) is 3.23. The van der Waals surface area contributed by atoms with Gasteiger partial charge in [-0.25, -0.2) is 4.68 Å². The van der Waals surface area contributed by atoms with Gasteiger partial charge >= 0.3 is 5.97 Å². The lowest BCUT2D eigenvalue weighted by Gasteiger charge is -2.20. The van der Waals surface area contributed by atoms with Gasteiger partial charge in [0.1, 0.15) is 26.4 Å². The number of hydrogen-bond acceptors (Lipinski definition) is 6. The van der Waals surface area contributed by atoms with Gasteiger partial charge in [-0.1, -0.05) is 23.7 Å². The molecule has 1 N–H and O–H groups in total. The summed E-state index contributed by atoms with van der Waals surface area (Å²) in [4.78, 5) is 36.7. The molecule has 0 spiro atoms. The van der Waals surface area contributed by atoms with Gasteiger partial charge in [0.25, 0.3) is 11.1 Å². The van der Waals surface area contributed by atoms with E-state index in [9.17, 15) is 14.4 Å². The molecule has 8 nitrogen and oxygen atoms in total. The van der Waals surface area contributed by atoms with E-state index in [0.29, 0.717) is 35.3 Å². The number of H-pyrrole nitrogens is 1. The van der Waals surface area contributed by atoms with Gasteiger partial charge in [0.15, 0.2) is 11.5 Å². The largest absolute Gasteiger partial charge is 0.486 e. The first-order valence-corrected chi connectivity index (χ1v) is 8.86. The number of esters is 1. The van der Waals surface area contributed by atoms with Crippen molar-refractivity contribution in [2.24, 2.45) is 0 Å². The minimum absolute atomic E-state index is 0.0677. The van der Waals surface area contributed by atoms with E-state index in [4.69, 9.17) is 25.8 Å². The Hall–Kier alpha value is -3.26. The van der Waals surface area contributed by atoms with Crippen LogP contribution in [0.3, 0.4) is 0 Å². The molecule has 9 heteroatoms. The summed E-state index contributed by atoms with van der Waals surface area (Å²) in [5, 5.41) is 3.25. The van der Waals surface area contributed by atoms with E-state index in [2.05, 4.69) is 5.10 Å². The summed E-state index contributed by atoms with van der Waals surface area (Å²) in [6.07, 6.45) is 0. The van der Waals surface area contributed by atoms with Gasteiger partial charge in [-0.3, -0.25) is 19.5 Å². The van der Waals surface area contributed by atoms with Crippen LogP contribution >= 0.6 is 11.6 Å². The summed E-state index contributed by atoms with van der Waals surface area (Å²) in [5.41, 5.74) is -0.321. The highest BCUT2D eigenvalue weighted by molar-refractivity contribution is 6.32. The first-order valence-electron chi connectivity index (χ1n) is 8.48. The van der Waals surface area contributed by atoms with Gasteiger partial charge in [0.2, 0.25) is 0 Å². The number of halogens is 1. The number of nitrogens with one attached hydrogen (secondary N) is 1. The Kier molecular flexibility index (Phi) is 4.79. The second-order valence-corrected chi connectivity index (χ2v) is 6.55. The van der Waals surface area contributed by atoms with Crippen LogP contribution in [0.4, 0.5) is 0 Å². The molecule has 2 heterocycles. The quantitative estimate of drug-likeness (QED) is 0.669. The Bertz CT molecular complexity index is 1180. The number of rotatable bonds is 4. The summed E-state index contributed by atoms with van der Waals surface area (Å²) >= 11 is 6.16. The normalized spacial score (nSPS) is 12.8. The SMILES string of the molecule is O=C(Cn1[nH]c(=O)c2ccccc2c1=O)OCc1cc(Cl)c2c(c1)OCCO2. The van der Waals surface area contributed by atoms with Gasteiger partial charge in [-0.2, -0.15) is 0 Å². The summed E-state index contributed by atoms with van der Waals surface area (Å²) in [6.45, 7) is 0.337. The Labute approximate surface area is 163 Å². The van der Waals surface area contributed by atoms with E-state index in [1.54, 1.807) is 30.3 Å². The number of nitrogens with zero attached hydrogens (tertiary/aromatic N) is 1. The molecule has 0 amide bonds. The smallest absolute Gasteiger partial charge is 0.328 e. The lowest BCUT2D eigenvalue weighted by Crippen LogP contribution is -2.32. The van der Waals surface area contributed by atoms with Crippen molar-refractivity contribution in [3.8, 4) is 11.5 Å². The van der Waals surface area contributed by atoms with E-state index in [1.165, 1.54) is 6.07 Å². The van der Waals surface area contributed by atoms with Crippen molar-refractivity contribution in [1.29, 1.82) is 0 Å². The maximum atomic E-state index is 12.4. The third-order valence-corrected chi connectivity index (χ3v) is 4.51. The highest BCUT2D eigenvalue weighted by Crippen LogP contribution is 2.38. The van der Waals surface area contributed by atoms with Gasteiger partial charge in [0.05, 0.1) is 15.8 Å². The number of hydrogen-bond donors (Lipinski definition) is 1. The zero-order valence-corrected chi connectivity index (χ0v) is 15.3. The average molecular weight is 403 g/mol. The van der Waals surface area contributed by atoms with Crippen LogP contribution in [0.1, 0.15) is 5.56 Å². The topological polar surface area (TPSA) is 99.6 Å². The summed E-state index contributed by atoms with van der Waals surface area (Å²) < 4.78 is 17.1. The Morgan fingerprint density at radius 3 is 2.71 bits per heavy atom. The molecule has 0 radical (unpaired) electrons. The zero-order chi connectivity index (χ0) is 19.7. The highest BCUT2D eigenvalue weighted by atomic mass is 35.5. The molecule has 0 saturated carbocycles. The van der Waals surface area contributed by atoms with Crippen LogP contribution < -0.4 is 20.6 Å². The molecule has 28 heavy (non-hydrogen) atoms. The number of aromatic amines is 1. The Morgan fingerprint density at radius 2 is 1.89 bits per heavy atom. The first kappa shape index (κ1) is 18.1. The summed E-state index contributed by atoms with van der Waals surface area (Å²) in [6, 6.07) is 9.69. The van der Waals surface area contributed by atoms with Crippen LogP contribution in [-0.2, 0) is 22.7 Å². The fraction of sp³-hybridized carbons (Fsp3) is 0.211. The first-order chi connectivity index (χ1) is 13.5. The molecule has 0 atom stereocenters. The molecule has 0 aliphatic carbocycles. The molecular weight excluding hydrogens is 388 g/mol. The lowest BCUT2D eigenvalue weighted by molar-refractivity contribution is -0.146. The predicted molar refractivity (Wildman–Crippen MR) is 101 cm³/mol.